The van der Waals surface area contributed by atoms with Gasteiger partial charge in [0, 0.05) is 32.1 Å². The molecule has 6 nitrogen and oxygen atoms in total. The van der Waals surface area contributed by atoms with Crippen molar-refractivity contribution in [2.45, 2.75) is 25.8 Å². The maximum atomic E-state index is 11.2. The van der Waals surface area contributed by atoms with E-state index in [1.807, 2.05) is 42.5 Å². The van der Waals surface area contributed by atoms with Gasteiger partial charge in [-0.15, -0.1) is 0 Å². The van der Waals surface area contributed by atoms with Gasteiger partial charge in [-0.25, -0.2) is 0 Å². The Hall–Kier alpha value is -2.76. The van der Waals surface area contributed by atoms with Gasteiger partial charge in [0.15, 0.2) is 5.96 Å². The number of carbonyl (C=O) groups excluding carboxylic acids is 1. The Kier molecular flexibility index (Phi) is 5.94. The van der Waals surface area contributed by atoms with Crippen LogP contribution in [0, 0.1) is 5.92 Å². The standard InChI is InChI=1S/C20H26N4O2/c1-22-20(24-11-5-6-15(14-24)12-19(21)25)23-13-17-9-10-18(26-17)16-7-3-2-4-8-16/h2-4,7-10,15H,5-6,11-14H2,1H3,(H2,21,25)(H,22,23). The minimum atomic E-state index is -0.233. The lowest BCUT2D eigenvalue weighted by atomic mass is 9.95. The Morgan fingerprint density at radius 1 is 1.31 bits per heavy atom. The van der Waals surface area contributed by atoms with Crippen LogP contribution >= 0.6 is 0 Å². The first-order valence-electron chi connectivity index (χ1n) is 9.03. The monoisotopic (exact) mass is 354 g/mol. The van der Waals surface area contributed by atoms with Crippen molar-refractivity contribution in [3.63, 3.8) is 0 Å². The normalized spacial score (nSPS) is 18.0. The number of aliphatic imine (C=N–C) groups is 1. The average molecular weight is 354 g/mol. The molecule has 0 bridgehead atoms. The molecule has 3 N–H and O–H groups in total. The minimum absolute atomic E-state index is 0.233. The van der Waals surface area contributed by atoms with Crippen LogP contribution in [0.3, 0.4) is 0 Å². The molecule has 0 aliphatic carbocycles. The zero-order chi connectivity index (χ0) is 18.4. The second-order valence-electron chi connectivity index (χ2n) is 6.66. The number of piperidine rings is 1. The molecule has 26 heavy (non-hydrogen) atoms. The predicted octanol–water partition coefficient (Wildman–Crippen LogP) is 2.61. The van der Waals surface area contributed by atoms with Crippen molar-refractivity contribution in [2.24, 2.45) is 16.6 Å². The average Bonchev–Trinajstić information content (AvgIpc) is 3.12. The van der Waals surface area contributed by atoms with Crippen molar-refractivity contribution >= 4 is 11.9 Å². The fourth-order valence-corrected chi connectivity index (χ4v) is 3.44. The summed E-state index contributed by atoms with van der Waals surface area (Å²) in [5.41, 5.74) is 6.41. The van der Waals surface area contributed by atoms with Gasteiger partial charge < -0.3 is 20.4 Å². The molecule has 2 aromatic rings. The summed E-state index contributed by atoms with van der Waals surface area (Å²) >= 11 is 0. The molecule has 1 amide bonds. The number of nitrogens with one attached hydrogen (secondary N) is 1. The summed E-state index contributed by atoms with van der Waals surface area (Å²) < 4.78 is 5.93. The Morgan fingerprint density at radius 2 is 2.12 bits per heavy atom. The van der Waals surface area contributed by atoms with Crippen molar-refractivity contribution in [2.75, 3.05) is 20.1 Å². The number of amides is 1. The molecule has 1 unspecified atom stereocenters. The zero-order valence-corrected chi connectivity index (χ0v) is 15.1. The Bertz CT molecular complexity index is 754. The Morgan fingerprint density at radius 3 is 2.85 bits per heavy atom. The van der Waals surface area contributed by atoms with E-state index in [0.29, 0.717) is 18.9 Å². The quantitative estimate of drug-likeness (QED) is 0.638. The molecule has 6 heteroatoms. The van der Waals surface area contributed by atoms with Crippen molar-refractivity contribution in [3.8, 4) is 11.3 Å². The molecule has 1 fully saturated rings. The third-order valence-electron chi connectivity index (χ3n) is 4.66. The van der Waals surface area contributed by atoms with Crippen LogP contribution in [0.2, 0.25) is 0 Å². The van der Waals surface area contributed by atoms with Gasteiger partial charge in [-0.05, 0) is 30.9 Å². The largest absolute Gasteiger partial charge is 0.459 e. The lowest BCUT2D eigenvalue weighted by molar-refractivity contribution is -0.119. The predicted molar refractivity (Wildman–Crippen MR) is 102 cm³/mol. The first-order valence-corrected chi connectivity index (χ1v) is 9.03. The number of nitrogens with zero attached hydrogens (tertiary/aromatic N) is 2. The fraction of sp³-hybridized carbons (Fsp3) is 0.400. The summed E-state index contributed by atoms with van der Waals surface area (Å²) in [6.45, 7) is 2.30. The summed E-state index contributed by atoms with van der Waals surface area (Å²) in [6.07, 6.45) is 2.51. The SMILES string of the molecule is CN=C(NCc1ccc(-c2ccccc2)o1)N1CCCC(CC(N)=O)C1. The number of carbonyl (C=O) groups is 1. The molecule has 0 saturated carbocycles. The van der Waals surface area contributed by atoms with Gasteiger partial charge in [0.1, 0.15) is 11.5 Å². The van der Waals surface area contributed by atoms with Gasteiger partial charge in [-0.3, -0.25) is 9.79 Å². The number of benzene rings is 1. The molecule has 1 atom stereocenters. The summed E-state index contributed by atoms with van der Waals surface area (Å²) in [7, 11) is 1.78. The third-order valence-corrected chi connectivity index (χ3v) is 4.66. The zero-order valence-electron chi connectivity index (χ0n) is 15.1. The molecular formula is C20H26N4O2. The fourth-order valence-electron chi connectivity index (χ4n) is 3.44. The van der Waals surface area contributed by atoms with Gasteiger partial charge in [0.25, 0.3) is 0 Å². The minimum Gasteiger partial charge on any atom is -0.459 e. The molecule has 1 aliphatic rings. The van der Waals surface area contributed by atoms with E-state index in [1.54, 1.807) is 7.05 Å². The molecule has 1 aromatic heterocycles. The molecule has 2 heterocycles. The van der Waals surface area contributed by atoms with Gasteiger partial charge in [-0.1, -0.05) is 30.3 Å². The highest BCUT2D eigenvalue weighted by atomic mass is 16.3. The Labute approximate surface area is 154 Å². The second-order valence-corrected chi connectivity index (χ2v) is 6.66. The lowest BCUT2D eigenvalue weighted by Crippen LogP contribution is -2.46. The molecule has 0 spiro atoms. The number of guanidine groups is 1. The van der Waals surface area contributed by atoms with Gasteiger partial charge in [0.05, 0.1) is 6.54 Å². The highest BCUT2D eigenvalue weighted by molar-refractivity contribution is 5.80. The van der Waals surface area contributed by atoms with E-state index in [1.165, 1.54) is 0 Å². The topological polar surface area (TPSA) is 83.9 Å². The van der Waals surface area contributed by atoms with Crippen molar-refractivity contribution in [1.29, 1.82) is 0 Å². The molecular weight excluding hydrogens is 328 g/mol. The summed E-state index contributed by atoms with van der Waals surface area (Å²) in [4.78, 5) is 17.8. The number of rotatable bonds is 5. The molecule has 138 valence electrons. The van der Waals surface area contributed by atoms with Crippen LogP contribution in [0.25, 0.3) is 11.3 Å². The van der Waals surface area contributed by atoms with Crippen LogP contribution in [-0.4, -0.2) is 36.9 Å². The van der Waals surface area contributed by atoms with Crippen molar-refractivity contribution < 1.29 is 9.21 Å². The van der Waals surface area contributed by atoms with Crippen molar-refractivity contribution in [3.05, 3.63) is 48.2 Å². The van der Waals surface area contributed by atoms with Gasteiger partial charge in [-0.2, -0.15) is 0 Å². The van der Waals surface area contributed by atoms with Crippen molar-refractivity contribution in [1.82, 2.24) is 10.2 Å². The highest BCUT2D eigenvalue weighted by Crippen LogP contribution is 2.22. The van der Waals surface area contributed by atoms with E-state index < -0.39 is 0 Å². The number of hydrogen-bond donors (Lipinski definition) is 2. The van der Waals surface area contributed by atoms with Crippen LogP contribution in [-0.2, 0) is 11.3 Å². The molecule has 3 rings (SSSR count). The number of primary amides is 1. The second kappa shape index (κ2) is 8.56. The maximum absolute atomic E-state index is 11.2. The first-order chi connectivity index (χ1) is 12.7. The highest BCUT2D eigenvalue weighted by Gasteiger charge is 2.23. The summed E-state index contributed by atoms with van der Waals surface area (Å²) in [5.74, 6) is 2.61. The van der Waals surface area contributed by atoms with Crippen LogP contribution in [0.5, 0.6) is 0 Å². The summed E-state index contributed by atoms with van der Waals surface area (Å²) in [5, 5.41) is 3.36. The van der Waals surface area contributed by atoms with Gasteiger partial charge in [0.2, 0.25) is 5.91 Å². The number of likely N-dealkylation sites (tertiary alicyclic amines) is 1. The Balaban J connectivity index is 1.58. The van der Waals surface area contributed by atoms with E-state index in [-0.39, 0.29) is 5.91 Å². The van der Waals surface area contributed by atoms with Crippen LogP contribution in [0.4, 0.5) is 0 Å². The number of nitrogens with two attached hydrogens (primary N) is 1. The molecule has 1 aliphatic heterocycles. The van der Waals surface area contributed by atoms with Crippen LogP contribution in [0.1, 0.15) is 25.0 Å². The first kappa shape index (κ1) is 18.0. The summed E-state index contributed by atoms with van der Waals surface area (Å²) in [6, 6.07) is 14.0. The van der Waals surface area contributed by atoms with Crippen LogP contribution < -0.4 is 11.1 Å². The maximum Gasteiger partial charge on any atom is 0.217 e. The van der Waals surface area contributed by atoms with E-state index in [4.69, 9.17) is 10.2 Å². The number of furan rings is 1. The van der Waals surface area contributed by atoms with Crippen LogP contribution in [0.15, 0.2) is 51.9 Å². The third kappa shape index (κ3) is 4.65. The van der Waals surface area contributed by atoms with E-state index in [2.05, 4.69) is 15.2 Å². The van der Waals surface area contributed by atoms with E-state index >= 15 is 0 Å². The smallest absolute Gasteiger partial charge is 0.217 e. The molecule has 0 radical (unpaired) electrons. The lowest BCUT2D eigenvalue weighted by Gasteiger charge is -2.34. The molecule has 1 aromatic carbocycles. The van der Waals surface area contributed by atoms with Gasteiger partial charge >= 0.3 is 0 Å². The van der Waals surface area contributed by atoms with E-state index in [0.717, 1.165) is 49.0 Å². The molecule has 1 saturated heterocycles. The number of hydrogen-bond acceptors (Lipinski definition) is 3. The van der Waals surface area contributed by atoms with E-state index in [9.17, 15) is 4.79 Å².